The first kappa shape index (κ1) is 18.6. The van der Waals surface area contributed by atoms with E-state index in [1.807, 2.05) is 0 Å². The van der Waals surface area contributed by atoms with Gasteiger partial charge in [0.05, 0.1) is 16.9 Å². The predicted octanol–water partition coefficient (Wildman–Crippen LogP) is 1.06. The monoisotopic (exact) mass is 351 g/mol. The third kappa shape index (κ3) is 4.29. The number of nitro groups is 1. The van der Waals surface area contributed by atoms with Crippen LogP contribution in [0, 0.1) is 10.1 Å². The van der Waals surface area contributed by atoms with E-state index in [0.717, 1.165) is 31.5 Å². The minimum absolute atomic E-state index is 0. The minimum Gasteiger partial charge on any atom is -0.490 e. The molecule has 124 valence electrons. The topological polar surface area (TPSA) is 111 Å². The molecule has 2 rings (SSSR count). The molecule has 8 nitrogen and oxygen atoms in total. The van der Waals surface area contributed by atoms with Crippen LogP contribution in [0.3, 0.4) is 0 Å². The van der Waals surface area contributed by atoms with Gasteiger partial charge in [-0.25, -0.2) is 13.1 Å². The second-order valence-corrected chi connectivity index (χ2v) is 6.50. The first-order chi connectivity index (χ1) is 9.94. The zero-order valence-electron chi connectivity index (χ0n) is 11.9. The predicted molar refractivity (Wildman–Crippen MR) is 83.1 cm³/mol. The maximum atomic E-state index is 12.2. The molecule has 1 saturated heterocycles. The SMILES string of the molecule is COc1cc(S(=O)(=O)NCC2CCCN2)ccc1[N+](=O)[O-].Cl. The van der Waals surface area contributed by atoms with E-state index in [2.05, 4.69) is 10.0 Å². The maximum Gasteiger partial charge on any atom is 0.310 e. The molecule has 0 aromatic heterocycles. The van der Waals surface area contributed by atoms with Crippen molar-refractivity contribution in [1.82, 2.24) is 10.0 Å². The summed E-state index contributed by atoms with van der Waals surface area (Å²) in [5.74, 6) is -0.0816. The highest BCUT2D eigenvalue weighted by molar-refractivity contribution is 7.89. The first-order valence-electron chi connectivity index (χ1n) is 6.49. The van der Waals surface area contributed by atoms with Crippen LogP contribution >= 0.6 is 12.4 Å². The van der Waals surface area contributed by atoms with Crippen molar-refractivity contribution in [3.63, 3.8) is 0 Å². The summed E-state index contributed by atoms with van der Waals surface area (Å²) in [6.45, 7) is 1.18. The van der Waals surface area contributed by atoms with E-state index in [-0.39, 0.29) is 34.8 Å². The van der Waals surface area contributed by atoms with Crippen molar-refractivity contribution >= 4 is 28.1 Å². The van der Waals surface area contributed by atoms with Crippen molar-refractivity contribution in [1.29, 1.82) is 0 Å². The number of nitro benzene ring substituents is 1. The third-order valence-corrected chi connectivity index (χ3v) is 4.76. The molecule has 0 amide bonds. The van der Waals surface area contributed by atoms with Crippen molar-refractivity contribution in [2.75, 3.05) is 20.2 Å². The molecular formula is C12H18ClN3O5S. The van der Waals surface area contributed by atoms with Gasteiger partial charge in [-0.15, -0.1) is 12.4 Å². The van der Waals surface area contributed by atoms with E-state index >= 15 is 0 Å². The van der Waals surface area contributed by atoms with E-state index in [0.29, 0.717) is 6.54 Å². The number of halogens is 1. The standard InChI is InChI=1S/C12H17N3O5S.ClH/c1-20-12-7-10(4-5-11(12)15(16)17)21(18,19)14-8-9-3-2-6-13-9;/h4-5,7,9,13-14H,2-3,6,8H2,1H3;1H. The van der Waals surface area contributed by atoms with Gasteiger partial charge in [-0.3, -0.25) is 10.1 Å². The molecule has 22 heavy (non-hydrogen) atoms. The summed E-state index contributed by atoms with van der Waals surface area (Å²) < 4.78 is 31.7. The van der Waals surface area contributed by atoms with Gasteiger partial charge >= 0.3 is 5.69 Å². The number of nitrogens with one attached hydrogen (secondary N) is 2. The largest absolute Gasteiger partial charge is 0.490 e. The summed E-state index contributed by atoms with van der Waals surface area (Å²) in [5, 5.41) is 14.0. The second kappa shape index (κ2) is 7.73. The molecular weight excluding hydrogens is 334 g/mol. The molecule has 1 atom stereocenters. The Labute approximate surface area is 134 Å². The molecule has 1 fully saturated rings. The molecule has 1 aliphatic rings. The molecule has 10 heteroatoms. The first-order valence-corrected chi connectivity index (χ1v) is 7.98. The zero-order valence-corrected chi connectivity index (χ0v) is 13.6. The van der Waals surface area contributed by atoms with E-state index < -0.39 is 14.9 Å². The van der Waals surface area contributed by atoms with Gasteiger partial charge in [0.1, 0.15) is 0 Å². The summed E-state index contributed by atoms with van der Waals surface area (Å²) in [5.41, 5.74) is -0.270. The normalized spacial score (nSPS) is 17.8. The number of sulfonamides is 1. The Morgan fingerprint density at radius 2 is 2.23 bits per heavy atom. The Kier molecular flexibility index (Phi) is 6.54. The molecule has 1 aromatic carbocycles. The van der Waals surface area contributed by atoms with Gasteiger partial charge in [-0.2, -0.15) is 0 Å². The molecule has 0 spiro atoms. The van der Waals surface area contributed by atoms with Crippen LogP contribution in [0.1, 0.15) is 12.8 Å². The number of benzene rings is 1. The number of ether oxygens (including phenoxy) is 1. The van der Waals surface area contributed by atoms with Gasteiger partial charge in [-0.05, 0) is 25.5 Å². The van der Waals surface area contributed by atoms with Crippen LogP contribution in [0.2, 0.25) is 0 Å². The quantitative estimate of drug-likeness (QED) is 0.585. The highest BCUT2D eigenvalue weighted by Crippen LogP contribution is 2.29. The van der Waals surface area contributed by atoms with Gasteiger partial charge < -0.3 is 10.1 Å². The van der Waals surface area contributed by atoms with Crippen LogP contribution in [0.4, 0.5) is 5.69 Å². The Bertz CT molecular complexity index is 632. The molecule has 2 N–H and O–H groups in total. The number of hydrogen-bond acceptors (Lipinski definition) is 6. The molecule has 0 bridgehead atoms. The fourth-order valence-corrected chi connectivity index (χ4v) is 3.30. The van der Waals surface area contributed by atoms with Crippen LogP contribution in [0.5, 0.6) is 5.75 Å². The molecule has 1 heterocycles. The van der Waals surface area contributed by atoms with Crippen LogP contribution in [-0.2, 0) is 10.0 Å². The molecule has 1 unspecified atom stereocenters. The summed E-state index contributed by atoms with van der Waals surface area (Å²) in [7, 11) is -2.46. The Balaban J connectivity index is 0.00000242. The lowest BCUT2D eigenvalue weighted by Crippen LogP contribution is -2.37. The lowest BCUT2D eigenvalue weighted by molar-refractivity contribution is -0.385. The number of methoxy groups -OCH3 is 1. The average Bonchev–Trinajstić information content (AvgIpc) is 2.97. The summed E-state index contributed by atoms with van der Waals surface area (Å²) in [4.78, 5) is 10.1. The fourth-order valence-electron chi connectivity index (χ4n) is 2.20. The van der Waals surface area contributed by atoms with Crippen molar-refractivity contribution in [2.45, 2.75) is 23.8 Å². The van der Waals surface area contributed by atoms with Gasteiger partial charge in [0.15, 0.2) is 5.75 Å². The summed E-state index contributed by atoms with van der Waals surface area (Å²) in [6.07, 6.45) is 1.95. The smallest absolute Gasteiger partial charge is 0.310 e. The summed E-state index contributed by atoms with van der Waals surface area (Å²) in [6, 6.07) is 3.61. The van der Waals surface area contributed by atoms with Crippen LogP contribution < -0.4 is 14.8 Å². The third-order valence-electron chi connectivity index (χ3n) is 3.34. The molecule has 0 radical (unpaired) electrons. The van der Waals surface area contributed by atoms with Gasteiger partial charge in [0, 0.05) is 24.7 Å². The van der Waals surface area contributed by atoms with Crippen LogP contribution in [0.25, 0.3) is 0 Å². The highest BCUT2D eigenvalue weighted by atomic mass is 35.5. The highest BCUT2D eigenvalue weighted by Gasteiger charge is 2.22. The Hall–Kier alpha value is -1.42. The van der Waals surface area contributed by atoms with E-state index in [1.54, 1.807) is 0 Å². The van der Waals surface area contributed by atoms with Crippen molar-refractivity contribution in [3.8, 4) is 5.75 Å². The van der Waals surface area contributed by atoms with Crippen molar-refractivity contribution in [2.24, 2.45) is 0 Å². The van der Waals surface area contributed by atoms with E-state index in [9.17, 15) is 18.5 Å². The maximum absolute atomic E-state index is 12.2. The lowest BCUT2D eigenvalue weighted by atomic mass is 10.2. The number of rotatable bonds is 6. The Morgan fingerprint density at radius 1 is 1.50 bits per heavy atom. The Morgan fingerprint density at radius 3 is 2.77 bits per heavy atom. The van der Waals surface area contributed by atoms with Gasteiger partial charge in [0.2, 0.25) is 10.0 Å². The summed E-state index contributed by atoms with van der Waals surface area (Å²) >= 11 is 0. The van der Waals surface area contributed by atoms with Gasteiger partial charge in [0.25, 0.3) is 0 Å². The van der Waals surface area contributed by atoms with Crippen molar-refractivity contribution < 1.29 is 18.1 Å². The average molecular weight is 352 g/mol. The van der Waals surface area contributed by atoms with Crippen molar-refractivity contribution in [3.05, 3.63) is 28.3 Å². The molecule has 0 aliphatic carbocycles. The second-order valence-electron chi connectivity index (χ2n) is 4.74. The van der Waals surface area contributed by atoms with Crippen LogP contribution in [0.15, 0.2) is 23.1 Å². The van der Waals surface area contributed by atoms with E-state index in [4.69, 9.17) is 4.74 Å². The molecule has 1 aliphatic heterocycles. The lowest BCUT2D eigenvalue weighted by Gasteiger charge is -2.12. The number of hydrogen-bond donors (Lipinski definition) is 2. The van der Waals surface area contributed by atoms with Gasteiger partial charge in [-0.1, -0.05) is 0 Å². The number of nitrogens with zero attached hydrogens (tertiary/aromatic N) is 1. The van der Waals surface area contributed by atoms with E-state index in [1.165, 1.54) is 13.2 Å². The molecule has 1 aromatic rings. The molecule has 0 saturated carbocycles. The minimum atomic E-state index is -3.72. The van der Waals surface area contributed by atoms with Crippen LogP contribution in [-0.4, -0.2) is 39.6 Å². The fraction of sp³-hybridized carbons (Fsp3) is 0.500. The zero-order chi connectivity index (χ0) is 15.5.